The topological polar surface area (TPSA) is 95.0 Å². The summed E-state index contributed by atoms with van der Waals surface area (Å²) >= 11 is 0. The van der Waals surface area contributed by atoms with E-state index in [0.717, 1.165) is 12.3 Å². The van der Waals surface area contributed by atoms with E-state index in [2.05, 4.69) is 24.9 Å². The number of alkyl halides is 6. The van der Waals surface area contributed by atoms with Crippen molar-refractivity contribution in [3.05, 3.63) is 41.9 Å². The molecule has 0 aliphatic rings. The molecule has 3 aromatic heterocycles. The molecule has 184 valence electrons. The van der Waals surface area contributed by atoms with Gasteiger partial charge in [-0.2, -0.15) is 26.3 Å². The Morgan fingerprint density at radius 3 is 1.94 bits per heavy atom. The molecular formula is C21H15F6N5O3. The Morgan fingerprint density at radius 2 is 1.46 bits per heavy atom. The first-order chi connectivity index (χ1) is 16.5. The molecule has 1 aromatic carbocycles. The second-order valence-electron chi connectivity index (χ2n) is 7.01. The number of methoxy groups -OCH3 is 3. The van der Waals surface area contributed by atoms with Gasteiger partial charge in [0.25, 0.3) is 0 Å². The van der Waals surface area contributed by atoms with E-state index in [1.165, 1.54) is 33.5 Å². The molecule has 3 heterocycles. The lowest BCUT2D eigenvalue weighted by molar-refractivity contribution is -0.141. The Hall–Kier alpha value is -4.10. The van der Waals surface area contributed by atoms with E-state index in [4.69, 9.17) is 14.2 Å². The van der Waals surface area contributed by atoms with Crippen LogP contribution in [0.15, 0.2) is 30.5 Å². The van der Waals surface area contributed by atoms with E-state index in [-0.39, 0.29) is 34.1 Å². The van der Waals surface area contributed by atoms with Crippen LogP contribution in [0.5, 0.6) is 17.2 Å². The van der Waals surface area contributed by atoms with Gasteiger partial charge in [0.05, 0.1) is 21.3 Å². The first-order valence-corrected chi connectivity index (χ1v) is 9.65. The average Bonchev–Trinajstić information content (AvgIpc) is 3.24. The second kappa shape index (κ2) is 8.60. The lowest BCUT2D eigenvalue weighted by Gasteiger charge is -2.13. The van der Waals surface area contributed by atoms with E-state index in [1.54, 1.807) is 0 Å². The number of rotatable bonds is 5. The maximum Gasteiger partial charge on any atom is 0.435 e. The summed E-state index contributed by atoms with van der Waals surface area (Å²) in [6.45, 7) is 0. The third kappa shape index (κ3) is 4.50. The number of imidazole rings is 1. The molecule has 0 atom stereocenters. The number of hydrogen-bond donors (Lipinski definition) is 1. The number of nitrogens with one attached hydrogen (secondary N) is 1. The molecular weight excluding hydrogens is 484 g/mol. The zero-order valence-electron chi connectivity index (χ0n) is 18.2. The predicted molar refractivity (Wildman–Crippen MR) is 110 cm³/mol. The molecule has 0 aliphatic heterocycles. The number of pyridine rings is 1. The van der Waals surface area contributed by atoms with E-state index in [1.807, 2.05) is 0 Å². The second-order valence-corrected chi connectivity index (χ2v) is 7.01. The third-order valence-corrected chi connectivity index (χ3v) is 4.88. The van der Waals surface area contributed by atoms with Crippen molar-refractivity contribution in [3.8, 4) is 40.0 Å². The van der Waals surface area contributed by atoms with Crippen LogP contribution in [0.2, 0.25) is 0 Å². The molecule has 4 rings (SSSR count). The van der Waals surface area contributed by atoms with E-state index < -0.39 is 35.1 Å². The smallest absolute Gasteiger partial charge is 0.435 e. The maximum atomic E-state index is 13.9. The van der Waals surface area contributed by atoms with Crippen LogP contribution in [0.1, 0.15) is 11.4 Å². The highest BCUT2D eigenvalue weighted by Gasteiger charge is 2.38. The number of H-pyrrole nitrogens is 1. The zero-order valence-corrected chi connectivity index (χ0v) is 18.2. The van der Waals surface area contributed by atoms with Crippen LogP contribution in [0, 0.1) is 0 Å². The fourth-order valence-corrected chi connectivity index (χ4v) is 3.28. The number of ether oxygens (including phenoxy) is 3. The molecule has 0 amide bonds. The van der Waals surface area contributed by atoms with Crippen molar-refractivity contribution in [2.75, 3.05) is 21.3 Å². The Bertz CT molecular complexity index is 1360. The molecule has 8 nitrogen and oxygen atoms in total. The molecule has 0 saturated heterocycles. The van der Waals surface area contributed by atoms with Crippen LogP contribution >= 0.6 is 0 Å². The van der Waals surface area contributed by atoms with E-state index in [9.17, 15) is 26.3 Å². The lowest BCUT2D eigenvalue weighted by atomic mass is 10.1. The largest absolute Gasteiger partial charge is 0.496 e. The molecule has 0 aliphatic carbocycles. The molecule has 0 fully saturated rings. The molecule has 0 saturated carbocycles. The molecule has 0 unspecified atom stereocenters. The number of benzene rings is 1. The van der Waals surface area contributed by atoms with Gasteiger partial charge < -0.3 is 19.2 Å². The fourth-order valence-electron chi connectivity index (χ4n) is 3.28. The summed E-state index contributed by atoms with van der Waals surface area (Å²) in [7, 11) is 4.10. The third-order valence-electron chi connectivity index (χ3n) is 4.88. The molecule has 35 heavy (non-hydrogen) atoms. The zero-order chi connectivity index (χ0) is 25.5. The van der Waals surface area contributed by atoms with Gasteiger partial charge in [-0.3, -0.25) is 4.98 Å². The fraction of sp³-hybridized carbons (Fsp3) is 0.238. The van der Waals surface area contributed by atoms with Crippen LogP contribution in [-0.2, 0) is 12.4 Å². The van der Waals surface area contributed by atoms with Crippen molar-refractivity contribution < 1.29 is 40.6 Å². The van der Waals surface area contributed by atoms with Gasteiger partial charge in [0.2, 0.25) is 0 Å². The highest BCUT2D eigenvalue weighted by Crippen LogP contribution is 2.42. The molecule has 4 aromatic rings. The summed E-state index contributed by atoms with van der Waals surface area (Å²) in [5.74, 6) is 0.172. The average molecular weight is 499 g/mol. The number of aromatic amines is 1. The van der Waals surface area contributed by atoms with Crippen LogP contribution in [-0.4, -0.2) is 46.2 Å². The van der Waals surface area contributed by atoms with Crippen molar-refractivity contribution in [2.24, 2.45) is 0 Å². The van der Waals surface area contributed by atoms with Gasteiger partial charge >= 0.3 is 12.4 Å². The van der Waals surface area contributed by atoms with Gasteiger partial charge in [-0.25, -0.2) is 15.0 Å². The molecule has 0 spiro atoms. The van der Waals surface area contributed by atoms with Crippen LogP contribution < -0.4 is 14.2 Å². The molecule has 0 bridgehead atoms. The van der Waals surface area contributed by atoms with Gasteiger partial charge in [0, 0.05) is 23.9 Å². The van der Waals surface area contributed by atoms with Crippen molar-refractivity contribution >= 4 is 11.2 Å². The van der Waals surface area contributed by atoms with Gasteiger partial charge in [-0.15, -0.1) is 0 Å². The first-order valence-electron chi connectivity index (χ1n) is 9.65. The van der Waals surface area contributed by atoms with Crippen LogP contribution in [0.4, 0.5) is 26.3 Å². The number of halogens is 6. The first kappa shape index (κ1) is 24.0. The standard InChI is InChI=1S/C21H15F6N5O3/c1-33-10-6-11(34-2)14(12(7-10)35-3)18-29-15-16(21(25,26)27)30-17(31-19(15)32-18)9-4-5-13(28-8-9)20(22,23)24/h4-8H,1-3H3,(H,29,30,31,32). The SMILES string of the molecule is COc1cc(OC)c(-c2nc3nc(-c4ccc(C(F)(F)F)nc4)nc(C(F)(F)F)c3[nH]2)c(OC)c1. The van der Waals surface area contributed by atoms with Gasteiger partial charge in [-0.05, 0) is 12.1 Å². The normalized spacial score (nSPS) is 12.1. The molecule has 14 heteroatoms. The quantitative estimate of drug-likeness (QED) is 0.380. The molecule has 0 radical (unpaired) electrons. The lowest BCUT2D eigenvalue weighted by Crippen LogP contribution is -2.11. The van der Waals surface area contributed by atoms with Crippen molar-refractivity contribution in [2.45, 2.75) is 12.4 Å². The summed E-state index contributed by atoms with van der Waals surface area (Å²) in [6, 6.07) is 4.53. The van der Waals surface area contributed by atoms with E-state index in [0.29, 0.717) is 11.8 Å². The van der Waals surface area contributed by atoms with Gasteiger partial charge in [0.15, 0.2) is 17.2 Å². The van der Waals surface area contributed by atoms with Crippen molar-refractivity contribution in [1.29, 1.82) is 0 Å². The summed E-state index contributed by atoms with van der Waals surface area (Å²) < 4.78 is 95.8. The Balaban J connectivity index is 1.93. The Kier molecular flexibility index (Phi) is 5.90. The Morgan fingerprint density at radius 1 is 0.800 bits per heavy atom. The summed E-state index contributed by atoms with van der Waals surface area (Å²) in [6.07, 6.45) is -8.91. The number of nitrogens with zero attached hydrogens (tertiary/aromatic N) is 4. The number of fused-ring (bicyclic) bond motifs is 1. The van der Waals surface area contributed by atoms with Crippen LogP contribution in [0.25, 0.3) is 33.9 Å². The van der Waals surface area contributed by atoms with E-state index >= 15 is 0 Å². The minimum absolute atomic E-state index is 0.0705. The maximum absolute atomic E-state index is 13.9. The number of hydrogen-bond acceptors (Lipinski definition) is 7. The van der Waals surface area contributed by atoms with Crippen molar-refractivity contribution in [3.63, 3.8) is 0 Å². The highest BCUT2D eigenvalue weighted by molar-refractivity contribution is 5.84. The van der Waals surface area contributed by atoms with Gasteiger partial charge in [0.1, 0.15) is 39.8 Å². The highest BCUT2D eigenvalue weighted by atomic mass is 19.4. The number of aromatic nitrogens is 5. The van der Waals surface area contributed by atoms with Crippen LogP contribution in [0.3, 0.4) is 0 Å². The predicted octanol–water partition coefficient (Wildman–Crippen LogP) is 5.15. The minimum Gasteiger partial charge on any atom is -0.496 e. The molecule has 1 N–H and O–H groups in total. The van der Waals surface area contributed by atoms with Gasteiger partial charge in [-0.1, -0.05) is 0 Å². The summed E-state index contributed by atoms with van der Waals surface area (Å²) in [5, 5.41) is 0. The summed E-state index contributed by atoms with van der Waals surface area (Å²) in [5.41, 5.74) is -3.44. The minimum atomic E-state index is -4.94. The Labute approximate surface area is 192 Å². The summed E-state index contributed by atoms with van der Waals surface area (Å²) in [4.78, 5) is 17.5. The van der Waals surface area contributed by atoms with Crippen molar-refractivity contribution in [1.82, 2.24) is 24.9 Å². The monoisotopic (exact) mass is 499 g/mol.